The Morgan fingerprint density at radius 2 is 1.78 bits per heavy atom. The second-order valence-electron chi connectivity index (χ2n) is 8.59. The van der Waals surface area contributed by atoms with E-state index in [1.165, 1.54) is 37.8 Å². The number of aryl methyl sites for hydroxylation is 1. The summed E-state index contributed by atoms with van der Waals surface area (Å²) in [7, 11) is 1.37. The molecule has 0 spiro atoms. The number of anilines is 1. The molecule has 1 aliphatic heterocycles. The zero-order chi connectivity index (χ0) is 26.4. The van der Waals surface area contributed by atoms with E-state index in [1.54, 1.807) is 9.91 Å². The summed E-state index contributed by atoms with van der Waals surface area (Å²) in [6.45, 7) is 4.49. The molecule has 3 aromatic rings. The van der Waals surface area contributed by atoms with E-state index in [0.717, 1.165) is 16.8 Å². The molecule has 4 rings (SSSR count). The molecule has 2 aromatic heterocycles. The first kappa shape index (κ1) is 25.2. The van der Waals surface area contributed by atoms with Crippen LogP contribution in [0.25, 0.3) is 10.8 Å². The van der Waals surface area contributed by atoms with Crippen molar-refractivity contribution in [2.45, 2.75) is 26.1 Å². The molecule has 1 aliphatic rings. The first-order valence-corrected chi connectivity index (χ1v) is 11.1. The minimum atomic E-state index is -4.86. The van der Waals surface area contributed by atoms with Crippen molar-refractivity contribution in [3.63, 3.8) is 0 Å². The molecule has 9 nitrogen and oxygen atoms in total. The molecule has 1 fully saturated rings. The lowest BCUT2D eigenvalue weighted by atomic mass is 10.0. The minimum absolute atomic E-state index is 0.0512. The quantitative estimate of drug-likeness (QED) is 0.544. The average molecular weight is 508 g/mol. The monoisotopic (exact) mass is 508 g/mol. The summed E-state index contributed by atoms with van der Waals surface area (Å²) in [5, 5.41) is 9.09. The average Bonchev–Trinajstić information content (AvgIpc) is 2.81. The van der Waals surface area contributed by atoms with E-state index in [0.29, 0.717) is 32.2 Å². The van der Waals surface area contributed by atoms with E-state index in [4.69, 9.17) is 0 Å². The van der Waals surface area contributed by atoms with Gasteiger partial charge in [-0.1, -0.05) is 12.1 Å². The third kappa shape index (κ3) is 4.64. The van der Waals surface area contributed by atoms with Crippen molar-refractivity contribution in [3.8, 4) is 0 Å². The summed E-state index contributed by atoms with van der Waals surface area (Å²) in [6, 6.07) is 3.22. The maximum absolute atomic E-state index is 14.7. The van der Waals surface area contributed by atoms with Crippen LogP contribution in [0.4, 0.5) is 23.4 Å². The third-order valence-electron chi connectivity index (χ3n) is 6.22. The number of hydrogen-bond acceptors (Lipinski definition) is 6. The smallest absolute Gasteiger partial charge is 0.361 e. The predicted molar refractivity (Wildman–Crippen MR) is 125 cm³/mol. The second kappa shape index (κ2) is 9.28. The largest absolute Gasteiger partial charge is 0.419 e. The number of fused-ring (bicyclic) bond motifs is 1. The van der Waals surface area contributed by atoms with Crippen molar-refractivity contribution in [3.05, 3.63) is 68.1 Å². The highest BCUT2D eigenvalue weighted by Crippen LogP contribution is 2.34. The summed E-state index contributed by atoms with van der Waals surface area (Å²) in [6.07, 6.45) is -3.43. The number of aromatic nitrogens is 3. The number of nitrogens with zero attached hydrogens (tertiary/aromatic N) is 5. The maximum atomic E-state index is 14.7. The number of amides is 1. The van der Waals surface area contributed by atoms with Crippen molar-refractivity contribution in [2.75, 3.05) is 36.5 Å². The van der Waals surface area contributed by atoms with Crippen LogP contribution in [0.5, 0.6) is 0 Å². The zero-order valence-corrected chi connectivity index (χ0v) is 19.8. The molecule has 0 aliphatic carbocycles. The zero-order valence-electron chi connectivity index (χ0n) is 19.8. The third-order valence-corrected chi connectivity index (χ3v) is 6.22. The highest BCUT2D eigenvalue weighted by molar-refractivity contribution is 5.90. The predicted octanol–water partition coefficient (Wildman–Crippen LogP) is 2.23. The summed E-state index contributed by atoms with van der Waals surface area (Å²) in [5.74, 6) is -1.39. The van der Waals surface area contributed by atoms with Crippen LogP contribution in [-0.4, -0.2) is 51.4 Å². The number of nitrogens with one attached hydrogen (secondary N) is 1. The van der Waals surface area contributed by atoms with Gasteiger partial charge in [0.05, 0.1) is 35.5 Å². The molecule has 13 heteroatoms. The number of piperazine rings is 1. The van der Waals surface area contributed by atoms with E-state index < -0.39 is 34.7 Å². The Kier molecular flexibility index (Phi) is 6.50. The Balaban J connectivity index is 1.75. The van der Waals surface area contributed by atoms with E-state index in [2.05, 4.69) is 10.4 Å². The van der Waals surface area contributed by atoms with Gasteiger partial charge in [-0.05, 0) is 13.0 Å². The standard InChI is InChI=1S/C23H24F4N6O3/c1-13(15-5-4-6-18(20(15)24)23(25,26)27)28-21-17-12-33(32-9-7-31(8-10-32)14(2)34)19(35)11-16(17)22(36)30(3)29-21/h4-6,11-13H,7-10H2,1-3H3,(H,28,29)/t13-/m1/s1. The molecule has 1 atom stereocenters. The molecular formula is C23H24F4N6O3. The molecule has 0 bridgehead atoms. The number of alkyl halides is 3. The number of halogens is 4. The molecule has 3 heterocycles. The van der Waals surface area contributed by atoms with Crippen LogP contribution in [0.1, 0.15) is 31.0 Å². The van der Waals surface area contributed by atoms with Gasteiger partial charge in [0.25, 0.3) is 11.1 Å². The highest BCUT2D eigenvalue weighted by atomic mass is 19.4. The van der Waals surface area contributed by atoms with Gasteiger partial charge in [-0.3, -0.25) is 14.4 Å². The molecule has 1 saturated heterocycles. The van der Waals surface area contributed by atoms with Crippen LogP contribution in [0, 0.1) is 5.82 Å². The fourth-order valence-corrected chi connectivity index (χ4v) is 4.25. The molecule has 0 unspecified atom stereocenters. The minimum Gasteiger partial charge on any atom is -0.361 e. The topological polar surface area (TPSA) is 92.5 Å². The van der Waals surface area contributed by atoms with Gasteiger partial charge in [-0.15, -0.1) is 0 Å². The van der Waals surface area contributed by atoms with Gasteiger partial charge >= 0.3 is 6.18 Å². The first-order chi connectivity index (χ1) is 16.9. The fraction of sp³-hybridized carbons (Fsp3) is 0.391. The Labute approximate surface area is 202 Å². The maximum Gasteiger partial charge on any atom is 0.419 e. The second-order valence-corrected chi connectivity index (χ2v) is 8.59. The Bertz CT molecular complexity index is 1440. The van der Waals surface area contributed by atoms with E-state index in [9.17, 15) is 31.9 Å². The number of hydrogen-bond donors (Lipinski definition) is 1. The lowest BCUT2D eigenvalue weighted by molar-refractivity contribution is -0.140. The van der Waals surface area contributed by atoms with Crippen molar-refractivity contribution in [1.29, 1.82) is 0 Å². The van der Waals surface area contributed by atoms with Gasteiger partial charge in [0, 0.05) is 44.9 Å². The number of pyridine rings is 1. The van der Waals surface area contributed by atoms with E-state index >= 15 is 0 Å². The van der Waals surface area contributed by atoms with Crippen molar-refractivity contribution in [2.24, 2.45) is 7.05 Å². The van der Waals surface area contributed by atoms with Gasteiger partial charge in [0.15, 0.2) is 5.82 Å². The van der Waals surface area contributed by atoms with Gasteiger partial charge < -0.3 is 15.2 Å². The molecular weight excluding hydrogens is 484 g/mol. The summed E-state index contributed by atoms with van der Waals surface area (Å²) >= 11 is 0. The summed E-state index contributed by atoms with van der Waals surface area (Å²) < 4.78 is 56.6. The number of carbonyl (C=O) groups excluding carboxylic acids is 1. The van der Waals surface area contributed by atoms with Crippen molar-refractivity contribution >= 4 is 22.5 Å². The summed E-state index contributed by atoms with van der Waals surface area (Å²) in [5.41, 5.74) is -2.63. The van der Waals surface area contributed by atoms with Crippen molar-refractivity contribution < 1.29 is 22.4 Å². The van der Waals surface area contributed by atoms with Gasteiger partial charge in [0.1, 0.15) is 5.82 Å². The van der Waals surface area contributed by atoms with Crippen LogP contribution in [0.2, 0.25) is 0 Å². The van der Waals surface area contributed by atoms with Gasteiger partial charge in [0.2, 0.25) is 5.91 Å². The summed E-state index contributed by atoms with van der Waals surface area (Å²) in [4.78, 5) is 38.8. The normalized spacial score (nSPS) is 15.3. The SMILES string of the molecule is CC(=O)N1CCN(n2cc3c(N[C@H](C)c4cccc(C(F)(F)F)c4F)nn(C)c(=O)c3cc2=O)CC1. The van der Waals surface area contributed by atoms with E-state index in [1.807, 2.05) is 0 Å². The lowest BCUT2D eigenvalue weighted by Gasteiger charge is -2.36. The van der Waals surface area contributed by atoms with Crippen LogP contribution < -0.4 is 21.4 Å². The highest BCUT2D eigenvalue weighted by Gasteiger charge is 2.35. The number of benzene rings is 1. The van der Waals surface area contributed by atoms with Crippen LogP contribution in [0.15, 0.2) is 40.1 Å². The molecule has 1 amide bonds. The molecule has 1 N–H and O–H groups in total. The molecule has 192 valence electrons. The Hall–Kier alpha value is -3.90. The molecule has 36 heavy (non-hydrogen) atoms. The fourth-order valence-electron chi connectivity index (χ4n) is 4.25. The van der Waals surface area contributed by atoms with Crippen molar-refractivity contribution in [1.82, 2.24) is 19.4 Å². The van der Waals surface area contributed by atoms with Crippen LogP contribution in [0.3, 0.4) is 0 Å². The number of rotatable bonds is 4. The number of carbonyl (C=O) groups is 1. The molecule has 0 radical (unpaired) electrons. The first-order valence-electron chi connectivity index (χ1n) is 11.1. The van der Waals surface area contributed by atoms with Crippen LogP contribution in [-0.2, 0) is 18.0 Å². The Morgan fingerprint density at radius 1 is 1.11 bits per heavy atom. The van der Waals surface area contributed by atoms with Gasteiger partial charge in [-0.2, -0.15) is 18.3 Å². The molecule has 0 saturated carbocycles. The van der Waals surface area contributed by atoms with Crippen LogP contribution >= 0.6 is 0 Å². The Morgan fingerprint density at radius 3 is 2.39 bits per heavy atom. The molecule has 1 aromatic carbocycles. The van der Waals surface area contributed by atoms with Gasteiger partial charge in [-0.25, -0.2) is 13.7 Å². The lowest BCUT2D eigenvalue weighted by Crippen LogP contribution is -2.54. The van der Waals surface area contributed by atoms with E-state index in [-0.39, 0.29) is 28.1 Å².